The Kier molecular flexibility index (Phi) is 1.47. The summed E-state index contributed by atoms with van der Waals surface area (Å²) in [6.07, 6.45) is 3.61. The molecule has 1 heterocycles. The first-order chi connectivity index (χ1) is 4.33. The Morgan fingerprint density at radius 3 is 2.78 bits per heavy atom. The molecule has 0 fully saturated rings. The van der Waals surface area contributed by atoms with Crippen LogP contribution in [0, 0.1) is 0 Å². The Morgan fingerprint density at radius 2 is 2.33 bits per heavy atom. The number of nitrogens with one attached hydrogen (secondary N) is 1. The number of allylic oxidation sites excluding steroid dienone is 3. The SMILES string of the molecule is O=C=C1C=CC(F)=CN1. The second-order valence-corrected chi connectivity index (χ2v) is 1.52. The summed E-state index contributed by atoms with van der Waals surface area (Å²) < 4.78 is 12.1. The van der Waals surface area contributed by atoms with Gasteiger partial charge in [0.15, 0.2) is 5.94 Å². The molecule has 0 bridgehead atoms. The quantitative estimate of drug-likeness (QED) is 0.482. The third kappa shape index (κ3) is 1.27. The molecule has 3 heteroatoms. The smallest absolute Gasteiger partial charge is 0.150 e. The third-order valence-corrected chi connectivity index (χ3v) is 0.885. The molecule has 1 aliphatic heterocycles. The number of rotatable bonds is 0. The molecule has 0 aliphatic carbocycles. The molecule has 1 aliphatic rings. The lowest BCUT2D eigenvalue weighted by molar-refractivity contribution is 0.566. The molecule has 0 spiro atoms. The number of dihydropyridines is 1. The Labute approximate surface area is 51.4 Å². The van der Waals surface area contributed by atoms with Crippen molar-refractivity contribution in [3.05, 3.63) is 29.9 Å². The average Bonchev–Trinajstić information content (AvgIpc) is 1.90. The summed E-state index contributed by atoms with van der Waals surface area (Å²) in [7, 11) is 0. The van der Waals surface area contributed by atoms with E-state index < -0.39 is 5.83 Å². The summed E-state index contributed by atoms with van der Waals surface area (Å²) >= 11 is 0. The maximum atomic E-state index is 12.1. The first-order valence-electron chi connectivity index (χ1n) is 2.38. The number of halogens is 1. The van der Waals surface area contributed by atoms with E-state index in [0.717, 1.165) is 6.20 Å². The summed E-state index contributed by atoms with van der Waals surface area (Å²) in [6, 6.07) is 0. The fraction of sp³-hybridized carbons (Fsp3) is 0. The molecular formula is C6H4FNO. The zero-order valence-electron chi connectivity index (χ0n) is 4.52. The van der Waals surface area contributed by atoms with Crippen LogP contribution in [0.5, 0.6) is 0 Å². The highest BCUT2D eigenvalue weighted by atomic mass is 19.1. The van der Waals surface area contributed by atoms with Gasteiger partial charge in [0.1, 0.15) is 11.5 Å². The van der Waals surface area contributed by atoms with E-state index in [1.807, 2.05) is 0 Å². The molecule has 0 saturated carbocycles. The minimum Gasteiger partial charge on any atom is -0.350 e. The molecule has 0 aromatic rings. The molecule has 0 amide bonds. The largest absolute Gasteiger partial charge is 0.350 e. The van der Waals surface area contributed by atoms with Crippen molar-refractivity contribution in [2.45, 2.75) is 0 Å². The normalized spacial score (nSPS) is 16.1. The summed E-state index contributed by atoms with van der Waals surface area (Å²) in [6.45, 7) is 0. The van der Waals surface area contributed by atoms with Gasteiger partial charge in [-0.25, -0.2) is 9.18 Å². The number of hydrogen-bond donors (Lipinski definition) is 1. The van der Waals surface area contributed by atoms with E-state index in [1.54, 1.807) is 5.94 Å². The van der Waals surface area contributed by atoms with Crippen LogP contribution >= 0.6 is 0 Å². The van der Waals surface area contributed by atoms with Gasteiger partial charge in [-0.3, -0.25) is 0 Å². The van der Waals surface area contributed by atoms with Gasteiger partial charge in [0.25, 0.3) is 0 Å². The topological polar surface area (TPSA) is 29.1 Å². The molecule has 46 valence electrons. The van der Waals surface area contributed by atoms with Crippen molar-refractivity contribution in [3.63, 3.8) is 0 Å². The average molecular weight is 125 g/mol. The standard InChI is InChI=1S/C6H4FNO/c7-5-1-2-6(4-9)8-3-5/h1-3,8H. The van der Waals surface area contributed by atoms with Crippen molar-refractivity contribution in [2.24, 2.45) is 0 Å². The fourth-order valence-electron chi connectivity index (χ4n) is 0.469. The van der Waals surface area contributed by atoms with Gasteiger partial charge < -0.3 is 5.32 Å². The van der Waals surface area contributed by atoms with E-state index in [2.05, 4.69) is 5.32 Å². The van der Waals surface area contributed by atoms with Crippen LogP contribution in [-0.4, -0.2) is 5.94 Å². The van der Waals surface area contributed by atoms with Crippen molar-refractivity contribution in [1.82, 2.24) is 5.32 Å². The summed E-state index contributed by atoms with van der Waals surface area (Å²) in [5, 5.41) is 2.39. The van der Waals surface area contributed by atoms with Crippen molar-refractivity contribution < 1.29 is 9.18 Å². The van der Waals surface area contributed by atoms with Crippen LogP contribution in [-0.2, 0) is 4.79 Å². The van der Waals surface area contributed by atoms with Gasteiger partial charge in [-0.15, -0.1) is 0 Å². The second-order valence-electron chi connectivity index (χ2n) is 1.52. The Balaban J connectivity index is 2.81. The maximum absolute atomic E-state index is 12.1. The highest BCUT2D eigenvalue weighted by molar-refractivity contribution is 5.58. The Bertz CT molecular complexity index is 223. The van der Waals surface area contributed by atoms with E-state index in [-0.39, 0.29) is 5.70 Å². The fourth-order valence-corrected chi connectivity index (χ4v) is 0.469. The zero-order chi connectivity index (χ0) is 6.69. The monoisotopic (exact) mass is 125 g/mol. The first kappa shape index (κ1) is 5.79. The van der Waals surface area contributed by atoms with Gasteiger partial charge in [0.05, 0.1) is 0 Å². The molecule has 0 unspecified atom stereocenters. The lowest BCUT2D eigenvalue weighted by Gasteiger charge is -1.99. The highest BCUT2D eigenvalue weighted by Gasteiger charge is 1.96. The van der Waals surface area contributed by atoms with Crippen molar-refractivity contribution >= 4 is 5.94 Å². The summed E-state index contributed by atoms with van der Waals surface area (Å²) in [4.78, 5) is 9.84. The van der Waals surface area contributed by atoms with E-state index in [0.29, 0.717) is 0 Å². The van der Waals surface area contributed by atoms with Crippen LogP contribution in [0.25, 0.3) is 0 Å². The first-order valence-corrected chi connectivity index (χ1v) is 2.38. The lowest BCUT2D eigenvalue weighted by Crippen LogP contribution is -2.06. The van der Waals surface area contributed by atoms with Crippen LogP contribution in [0.3, 0.4) is 0 Å². The molecule has 0 radical (unpaired) electrons. The zero-order valence-corrected chi connectivity index (χ0v) is 4.52. The Hall–Kier alpha value is -1.34. The second kappa shape index (κ2) is 2.29. The predicted octanol–water partition coefficient (Wildman–Crippen LogP) is 0.672. The van der Waals surface area contributed by atoms with Crippen LogP contribution < -0.4 is 5.32 Å². The van der Waals surface area contributed by atoms with Crippen LogP contribution in [0.4, 0.5) is 4.39 Å². The molecule has 9 heavy (non-hydrogen) atoms. The van der Waals surface area contributed by atoms with Crippen LogP contribution in [0.1, 0.15) is 0 Å². The van der Waals surface area contributed by atoms with Gasteiger partial charge in [-0.05, 0) is 12.2 Å². The summed E-state index contributed by atoms with van der Waals surface area (Å²) in [5.41, 5.74) is 0.247. The third-order valence-electron chi connectivity index (χ3n) is 0.885. The maximum Gasteiger partial charge on any atom is 0.150 e. The molecular weight excluding hydrogens is 121 g/mol. The summed E-state index contributed by atoms with van der Waals surface area (Å²) in [5.74, 6) is 1.19. The van der Waals surface area contributed by atoms with Crippen molar-refractivity contribution in [1.29, 1.82) is 0 Å². The molecule has 1 N–H and O–H groups in total. The van der Waals surface area contributed by atoms with Gasteiger partial charge in [-0.2, -0.15) is 0 Å². The molecule has 0 atom stereocenters. The molecule has 2 nitrogen and oxygen atoms in total. The van der Waals surface area contributed by atoms with E-state index in [1.165, 1.54) is 12.2 Å². The molecule has 0 aromatic carbocycles. The molecule has 0 saturated heterocycles. The van der Waals surface area contributed by atoms with Crippen molar-refractivity contribution in [2.75, 3.05) is 0 Å². The van der Waals surface area contributed by atoms with Crippen molar-refractivity contribution in [3.8, 4) is 0 Å². The Morgan fingerprint density at radius 1 is 1.56 bits per heavy atom. The molecule has 0 aromatic heterocycles. The van der Waals surface area contributed by atoms with Crippen LogP contribution in [0.15, 0.2) is 29.9 Å². The van der Waals surface area contributed by atoms with Gasteiger partial charge in [0.2, 0.25) is 0 Å². The van der Waals surface area contributed by atoms with E-state index >= 15 is 0 Å². The van der Waals surface area contributed by atoms with E-state index in [4.69, 9.17) is 0 Å². The number of hydrogen-bond acceptors (Lipinski definition) is 2. The molecule has 1 rings (SSSR count). The minimum atomic E-state index is -0.394. The number of carbonyl (C=O) groups excluding carboxylic acids is 1. The highest BCUT2D eigenvalue weighted by Crippen LogP contribution is 2.03. The van der Waals surface area contributed by atoms with Gasteiger partial charge in [0, 0.05) is 6.20 Å². The van der Waals surface area contributed by atoms with E-state index in [9.17, 15) is 9.18 Å². The minimum absolute atomic E-state index is 0.247. The van der Waals surface area contributed by atoms with Gasteiger partial charge in [-0.1, -0.05) is 0 Å². The van der Waals surface area contributed by atoms with Gasteiger partial charge >= 0.3 is 0 Å². The predicted molar refractivity (Wildman–Crippen MR) is 30.7 cm³/mol. The van der Waals surface area contributed by atoms with Crippen LogP contribution in [0.2, 0.25) is 0 Å². The lowest BCUT2D eigenvalue weighted by atomic mass is 10.3.